The summed E-state index contributed by atoms with van der Waals surface area (Å²) in [5.74, 6) is -0.477. The average Bonchev–Trinajstić information content (AvgIpc) is 3.45. The van der Waals surface area contributed by atoms with Crippen LogP contribution in [0.4, 0.5) is 0 Å². The van der Waals surface area contributed by atoms with Crippen molar-refractivity contribution >= 4 is 28.4 Å². The number of carboxylic acid groups (broad SMARTS) is 1. The highest BCUT2D eigenvalue weighted by atomic mass is 16.4. The van der Waals surface area contributed by atoms with Gasteiger partial charge in [0.15, 0.2) is 0 Å². The summed E-state index contributed by atoms with van der Waals surface area (Å²) in [6.45, 7) is 8.70. The summed E-state index contributed by atoms with van der Waals surface area (Å²) in [6.07, 6.45) is 21.6. The van der Waals surface area contributed by atoms with Crippen LogP contribution in [-0.2, 0) is 16.0 Å². The molecule has 2 heterocycles. The molecule has 1 amide bonds. The standard InChI is InChI=1S/C20H25N3O.C18H36O3/c1-4-23(5-2)20(24)14-9-16-15-7-6-8-17-19(15)13(11-21-17)10-18(16)22(3)12-14;1-2-3-4-5-8-11-14-17(19)15-12-9-6-7-10-13-16-18(20)21/h6-9,11,14,18,21H,4-5,10,12H2,1-3H3;17,19H,2-16H2,1H3,(H,20,21)/t14-,18-;/m1./s1. The third kappa shape index (κ3) is 11.3. The van der Waals surface area contributed by atoms with Crippen LogP contribution in [0, 0.1) is 5.92 Å². The van der Waals surface area contributed by atoms with Crippen molar-refractivity contribution in [3.8, 4) is 0 Å². The zero-order chi connectivity index (χ0) is 32.6. The lowest BCUT2D eigenvalue weighted by atomic mass is 9.79. The molecule has 4 rings (SSSR count). The number of hydrogen-bond acceptors (Lipinski definition) is 4. The van der Waals surface area contributed by atoms with E-state index in [-0.39, 0.29) is 17.9 Å². The normalized spacial score (nSPS) is 18.1. The quantitative estimate of drug-likeness (QED) is 0.137. The highest BCUT2D eigenvalue weighted by molar-refractivity contribution is 5.99. The fraction of sp³-hybridized carbons (Fsp3) is 0.684. The molecule has 7 heteroatoms. The fourth-order valence-corrected chi connectivity index (χ4v) is 7.04. The Bertz CT molecular complexity index is 1200. The first kappa shape index (κ1) is 36.8. The molecule has 252 valence electrons. The van der Waals surface area contributed by atoms with Crippen LogP contribution in [0.3, 0.4) is 0 Å². The van der Waals surface area contributed by atoms with Crippen LogP contribution in [0.15, 0.2) is 30.5 Å². The topological polar surface area (TPSA) is 96.9 Å². The summed E-state index contributed by atoms with van der Waals surface area (Å²) in [4.78, 5) is 30.9. The number of carbonyl (C=O) groups is 2. The predicted molar refractivity (Wildman–Crippen MR) is 186 cm³/mol. The second-order valence-corrected chi connectivity index (χ2v) is 13.2. The van der Waals surface area contributed by atoms with Crippen molar-refractivity contribution in [2.24, 2.45) is 5.92 Å². The third-order valence-corrected chi connectivity index (χ3v) is 9.73. The molecule has 0 spiro atoms. The van der Waals surface area contributed by atoms with Gasteiger partial charge in [-0.3, -0.25) is 14.5 Å². The average molecular weight is 624 g/mol. The summed E-state index contributed by atoms with van der Waals surface area (Å²) in [6, 6.07) is 6.82. The van der Waals surface area contributed by atoms with Crippen molar-refractivity contribution in [2.75, 3.05) is 26.7 Å². The van der Waals surface area contributed by atoms with Gasteiger partial charge < -0.3 is 20.1 Å². The number of aliphatic hydroxyl groups is 1. The lowest BCUT2D eigenvalue weighted by Gasteiger charge is -2.40. The van der Waals surface area contributed by atoms with Crippen molar-refractivity contribution in [3.63, 3.8) is 0 Å². The number of nitrogens with one attached hydrogen (secondary N) is 1. The van der Waals surface area contributed by atoms with E-state index in [0.29, 0.717) is 12.5 Å². The van der Waals surface area contributed by atoms with E-state index in [9.17, 15) is 14.7 Å². The van der Waals surface area contributed by atoms with Gasteiger partial charge >= 0.3 is 5.97 Å². The lowest BCUT2D eigenvalue weighted by Crippen LogP contribution is -2.47. The minimum absolute atomic E-state index is 0.0445. The number of benzene rings is 1. The van der Waals surface area contributed by atoms with Crippen LogP contribution in [-0.4, -0.2) is 75.7 Å². The summed E-state index contributed by atoms with van der Waals surface area (Å²) >= 11 is 0. The number of aliphatic carboxylic acids is 1. The Morgan fingerprint density at radius 3 is 2.18 bits per heavy atom. The molecule has 3 atom stereocenters. The van der Waals surface area contributed by atoms with Gasteiger partial charge in [-0.25, -0.2) is 0 Å². The first-order valence-electron chi connectivity index (χ1n) is 18.0. The molecule has 0 saturated heterocycles. The van der Waals surface area contributed by atoms with E-state index in [4.69, 9.17) is 5.11 Å². The minimum atomic E-state index is -0.687. The number of aromatic amines is 1. The zero-order valence-electron chi connectivity index (χ0n) is 28.7. The maximum atomic E-state index is 12.9. The summed E-state index contributed by atoms with van der Waals surface area (Å²) in [5, 5.41) is 19.7. The molecule has 1 aliphatic carbocycles. The molecular weight excluding hydrogens is 562 g/mol. The van der Waals surface area contributed by atoms with E-state index in [0.717, 1.165) is 64.6 Å². The summed E-state index contributed by atoms with van der Waals surface area (Å²) < 4.78 is 0. The van der Waals surface area contributed by atoms with Gasteiger partial charge in [-0.1, -0.05) is 95.8 Å². The van der Waals surface area contributed by atoms with E-state index in [1.165, 1.54) is 79.0 Å². The second kappa shape index (κ2) is 19.8. The zero-order valence-corrected chi connectivity index (χ0v) is 28.7. The minimum Gasteiger partial charge on any atom is -0.481 e. The van der Waals surface area contributed by atoms with Crippen LogP contribution in [0.2, 0.25) is 0 Å². The number of H-pyrrole nitrogens is 1. The monoisotopic (exact) mass is 623 g/mol. The smallest absolute Gasteiger partial charge is 0.303 e. The van der Waals surface area contributed by atoms with E-state index < -0.39 is 5.97 Å². The molecular formula is C38H61N3O4. The number of rotatable bonds is 19. The Morgan fingerprint density at radius 2 is 1.56 bits per heavy atom. The van der Waals surface area contributed by atoms with Gasteiger partial charge in [-0.05, 0) is 69.3 Å². The lowest BCUT2D eigenvalue weighted by molar-refractivity contribution is -0.137. The molecule has 3 N–H and O–H groups in total. The maximum absolute atomic E-state index is 12.9. The van der Waals surface area contributed by atoms with Gasteiger partial charge in [-0.2, -0.15) is 0 Å². The Balaban J connectivity index is 0.000000249. The highest BCUT2D eigenvalue weighted by Gasteiger charge is 2.36. The summed E-state index contributed by atoms with van der Waals surface area (Å²) in [5.41, 5.74) is 5.21. The van der Waals surface area contributed by atoms with Gasteiger partial charge in [0.2, 0.25) is 5.91 Å². The van der Waals surface area contributed by atoms with Gasteiger partial charge in [0.25, 0.3) is 0 Å². The van der Waals surface area contributed by atoms with Crippen molar-refractivity contribution < 1.29 is 19.8 Å². The maximum Gasteiger partial charge on any atom is 0.303 e. The molecule has 0 saturated carbocycles. The van der Waals surface area contributed by atoms with E-state index in [2.05, 4.69) is 68.2 Å². The number of carbonyl (C=O) groups excluding carboxylic acids is 1. The number of likely N-dealkylation sites (N-methyl/N-ethyl adjacent to an activating group) is 1. The molecule has 1 aliphatic heterocycles. The molecule has 0 bridgehead atoms. The Morgan fingerprint density at radius 1 is 0.933 bits per heavy atom. The van der Waals surface area contributed by atoms with Crippen LogP contribution in [0.25, 0.3) is 16.5 Å². The molecule has 2 aliphatic rings. The van der Waals surface area contributed by atoms with Crippen molar-refractivity contribution in [2.45, 2.75) is 136 Å². The number of aromatic nitrogens is 1. The van der Waals surface area contributed by atoms with E-state index >= 15 is 0 Å². The fourth-order valence-electron chi connectivity index (χ4n) is 7.04. The van der Waals surface area contributed by atoms with Crippen LogP contribution >= 0.6 is 0 Å². The molecule has 1 aromatic heterocycles. The first-order valence-corrected chi connectivity index (χ1v) is 18.0. The molecule has 0 radical (unpaired) electrons. The molecule has 1 unspecified atom stereocenters. The number of hydrogen-bond donors (Lipinski definition) is 3. The first-order chi connectivity index (χ1) is 21.8. The Labute approximate surface area is 272 Å². The van der Waals surface area contributed by atoms with Crippen molar-refractivity contribution in [1.29, 1.82) is 0 Å². The largest absolute Gasteiger partial charge is 0.481 e. The molecule has 0 fully saturated rings. The van der Waals surface area contributed by atoms with Gasteiger partial charge in [0.05, 0.1) is 12.0 Å². The van der Waals surface area contributed by atoms with Crippen LogP contribution in [0.1, 0.15) is 128 Å². The van der Waals surface area contributed by atoms with E-state index in [1.54, 1.807) is 0 Å². The number of aliphatic hydroxyl groups excluding tert-OH is 1. The Kier molecular flexibility index (Phi) is 16.2. The van der Waals surface area contributed by atoms with Gasteiger partial charge in [0.1, 0.15) is 0 Å². The number of nitrogens with zero attached hydrogens (tertiary/aromatic N) is 2. The number of unbranched alkanes of at least 4 members (excludes halogenated alkanes) is 10. The predicted octanol–water partition coefficient (Wildman–Crippen LogP) is 8.21. The number of carboxylic acids is 1. The van der Waals surface area contributed by atoms with Crippen molar-refractivity contribution in [3.05, 3.63) is 41.6 Å². The number of fused-ring (bicyclic) bond motifs is 2. The van der Waals surface area contributed by atoms with Crippen LogP contribution in [0.5, 0.6) is 0 Å². The van der Waals surface area contributed by atoms with Gasteiger partial charge in [-0.15, -0.1) is 0 Å². The summed E-state index contributed by atoms with van der Waals surface area (Å²) in [7, 11) is 2.15. The molecule has 2 aromatic rings. The number of amides is 1. The third-order valence-electron chi connectivity index (χ3n) is 9.73. The van der Waals surface area contributed by atoms with E-state index in [1.807, 2.05) is 4.90 Å². The molecule has 1 aromatic carbocycles. The molecule has 45 heavy (non-hydrogen) atoms. The van der Waals surface area contributed by atoms with Crippen molar-refractivity contribution in [1.82, 2.24) is 14.8 Å². The van der Waals surface area contributed by atoms with Crippen LogP contribution < -0.4 is 0 Å². The molecule has 7 nitrogen and oxygen atoms in total. The van der Waals surface area contributed by atoms with Gasteiger partial charge in [0, 0.05) is 49.2 Å². The SMILES string of the molecule is CCCCCCCCC(O)CCCCCCCCC(=O)O.CCN(CC)C(=O)[C@@H]1C=C2c3cccc4[nH]cc(c34)C[C@H]2N(C)C1. The Hall–Kier alpha value is -2.64. The highest BCUT2D eigenvalue weighted by Crippen LogP contribution is 2.41. The second-order valence-electron chi connectivity index (χ2n) is 13.2.